The number of nitrogens with one attached hydrogen (secondary N) is 1. The van der Waals surface area contributed by atoms with Gasteiger partial charge in [0.1, 0.15) is 0 Å². The molecule has 0 fully saturated rings. The quantitative estimate of drug-likeness (QED) is 0.721. The molecule has 0 aromatic heterocycles. The normalized spacial score (nSPS) is 12.9. The Morgan fingerprint density at radius 2 is 1.94 bits per heavy atom. The van der Waals surface area contributed by atoms with Gasteiger partial charge in [-0.3, -0.25) is 0 Å². The lowest BCUT2D eigenvalue weighted by atomic mass is 10.0. The van der Waals surface area contributed by atoms with Crippen LogP contribution < -0.4 is 5.32 Å². The van der Waals surface area contributed by atoms with Gasteiger partial charge in [0, 0.05) is 9.61 Å². The lowest BCUT2D eigenvalue weighted by Gasteiger charge is -2.17. The van der Waals surface area contributed by atoms with Gasteiger partial charge in [0.05, 0.1) is 10.7 Å². The van der Waals surface area contributed by atoms with Crippen LogP contribution in [0.5, 0.6) is 0 Å². The second-order valence-electron chi connectivity index (χ2n) is 4.64. The van der Waals surface area contributed by atoms with Gasteiger partial charge in [-0.1, -0.05) is 25.4 Å². The first kappa shape index (κ1) is 14.1. The van der Waals surface area contributed by atoms with Gasteiger partial charge in [0.2, 0.25) is 0 Å². The third-order valence-corrected chi connectivity index (χ3v) is 3.49. The van der Waals surface area contributed by atoms with Gasteiger partial charge in [0.25, 0.3) is 0 Å². The number of hydrogen-bond acceptors (Lipinski definition) is 1. The number of rotatable bonds is 5. The molecule has 1 nitrogen and oxygen atoms in total. The van der Waals surface area contributed by atoms with Crippen molar-refractivity contribution in [3.05, 3.63) is 26.8 Å². The van der Waals surface area contributed by atoms with Crippen LogP contribution in [-0.2, 0) is 0 Å². The van der Waals surface area contributed by atoms with Crippen molar-refractivity contribution in [1.29, 1.82) is 0 Å². The standard InChI is InChI=1S/C13H19ClIN/c1-9(2)4-5-10(3)16-13-7-6-11(15)8-12(13)14/h6-10,16H,4-5H2,1-3H3. The molecular weight excluding hydrogens is 333 g/mol. The first-order valence-electron chi connectivity index (χ1n) is 5.70. The van der Waals surface area contributed by atoms with Crippen LogP contribution in [0.1, 0.15) is 33.6 Å². The van der Waals surface area contributed by atoms with Crippen LogP contribution in [0.3, 0.4) is 0 Å². The smallest absolute Gasteiger partial charge is 0.0648 e. The van der Waals surface area contributed by atoms with Crippen molar-refractivity contribution in [3.8, 4) is 0 Å². The molecular formula is C13H19ClIN. The molecule has 1 aromatic carbocycles. The zero-order valence-electron chi connectivity index (χ0n) is 10.1. The molecule has 0 heterocycles. The third-order valence-electron chi connectivity index (χ3n) is 2.51. The van der Waals surface area contributed by atoms with Crippen LogP contribution in [0.4, 0.5) is 5.69 Å². The van der Waals surface area contributed by atoms with Gasteiger partial charge in [-0.15, -0.1) is 0 Å². The summed E-state index contributed by atoms with van der Waals surface area (Å²) in [6, 6.07) is 6.58. The van der Waals surface area contributed by atoms with E-state index in [0.29, 0.717) is 6.04 Å². The van der Waals surface area contributed by atoms with Crippen molar-refractivity contribution in [3.63, 3.8) is 0 Å². The molecule has 1 rings (SSSR count). The Kier molecular flexibility index (Phi) is 5.90. The van der Waals surface area contributed by atoms with Crippen molar-refractivity contribution in [2.75, 3.05) is 5.32 Å². The summed E-state index contributed by atoms with van der Waals surface area (Å²) < 4.78 is 1.17. The van der Waals surface area contributed by atoms with Crippen LogP contribution >= 0.6 is 34.2 Å². The summed E-state index contributed by atoms with van der Waals surface area (Å²) in [4.78, 5) is 0. The Labute approximate surface area is 117 Å². The second kappa shape index (κ2) is 6.70. The van der Waals surface area contributed by atoms with E-state index in [1.807, 2.05) is 6.07 Å². The summed E-state index contributed by atoms with van der Waals surface area (Å²) in [5.41, 5.74) is 1.04. The van der Waals surface area contributed by atoms with Crippen LogP contribution in [0.2, 0.25) is 5.02 Å². The Bertz CT molecular complexity index is 339. The molecule has 90 valence electrons. The third kappa shape index (κ3) is 4.91. The first-order chi connectivity index (χ1) is 7.49. The van der Waals surface area contributed by atoms with Gasteiger partial charge in [-0.05, 0) is 66.5 Å². The van der Waals surface area contributed by atoms with Crippen LogP contribution in [0.15, 0.2) is 18.2 Å². The summed E-state index contributed by atoms with van der Waals surface area (Å²) in [5.74, 6) is 0.761. The number of hydrogen-bond donors (Lipinski definition) is 1. The van der Waals surface area contributed by atoms with E-state index in [9.17, 15) is 0 Å². The second-order valence-corrected chi connectivity index (χ2v) is 6.29. The number of halogens is 2. The molecule has 1 aromatic rings. The SMILES string of the molecule is CC(C)CCC(C)Nc1ccc(I)cc1Cl. The zero-order chi connectivity index (χ0) is 12.1. The van der Waals surface area contributed by atoms with E-state index < -0.39 is 0 Å². The zero-order valence-corrected chi connectivity index (χ0v) is 13.0. The van der Waals surface area contributed by atoms with Gasteiger partial charge < -0.3 is 5.32 Å². The molecule has 0 bridgehead atoms. The molecule has 0 saturated carbocycles. The van der Waals surface area contributed by atoms with E-state index in [1.165, 1.54) is 16.4 Å². The van der Waals surface area contributed by atoms with Crippen molar-refractivity contribution < 1.29 is 0 Å². The fourth-order valence-electron chi connectivity index (χ4n) is 1.53. The highest BCUT2D eigenvalue weighted by molar-refractivity contribution is 14.1. The molecule has 16 heavy (non-hydrogen) atoms. The topological polar surface area (TPSA) is 12.0 Å². The van der Waals surface area contributed by atoms with E-state index in [-0.39, 0.29) is 0 Å². The first-order valence-corrected chi connectivity index (χ1v) is 7.16. The van der Waals surface area contributed by atoms with Crippen molar-refractivity contribution in [2.45, 2.75) is 39.7 Å². The maximum absolute atomic E-state index is 6.17. The molecule has 0 aliphatic carbocycles. The molecule has 1 unspecified atom stereocenters. The summed E-state index contributed by atoms with van der Waals surface area (Å²) in [6.45, 7) is 6.71. The molecule has 1 N–H and O–H groups in total. The minimum Gasteiger partial charge on any atom is -0.381 e. The van der Waals surface area contributed by atoms with Gasteiger partial charge in [0.15, 0.2) is 0 Å². The van der Waals surface area contributed by atoms with Crippen LogP contribution in [0.25, 0.3) is 0 Å². The molecule has 3 heteroatoms. The predicted octanol–water partition coefficient (Wildman–Crippen LogP) is 5.18. The lowest BCUT2D eigenvalue weighted by molar-refractivity contribution is 0.528. The maximum atomic E-state index is 6.17. The average molecular weight is 352 g/mol. The van der Waals surface area contributed by atoms with Crippen molar-refractivity contribution in [2.24, 2.45) is 5.92 Å². The molecule has 1 atom stereocenters. The Morgan fingerprint density at radius 3 is 2.50 bits per heavy atom. The summed E-state index contributed by atoms with van der Waals surface area (Å²) in [6.07, 6.45) is 2.43. The fraction of sp³-hybridized carbons (Fsp3) is 0.538. The highest BCUT2D eigenvalue weighted by Crippen LogP contribution is 2.25. The van der Waals surface area contributed by atoms with E-state index in [2.05, 4.69) is 60.8 Å². The minimum atomic E-state index is 0.472. The van der Waals surface area contributed by atoms with Crippen molar-refractivity contribution >= 4 is 39.9 Å². The lowest BCUT2D eigenvalue weighted by Crippen LogP contribution is -2.16. The largest absolute Gasteiger partial charge is 0.381 e. The highest BCUT2D eigenvalue weighted by Gasteiger charge is 2.06. The molecule has 0 amide bonds. The highest BCUT2D eigenvalue weighted by atomic mass is 127. The van der Waals surface area contributed by atoms with E-state index in [1.54, 1.807) is 0 Å². The molecule has 0 radical (unpaired) electrons. The van der Waals surface area contributed by atoms with E-state index in [0.717, 1.165) is 16.6 Å². The molecule has 0 aliphatic heterocycles. The summed E-state index contributed by atoms with van der Waals surface area (Å²) in [5, 5.41) is 4.27. The molecule has 0 spiro atoms. The maximum Gasteiger partial charge on any atom is 0.0648 e. The molecule has 0 saturated heterocycles. The Hall–Kier alpha value is 0.0400. The van der Waals surface area contributed by atoms with Gasteiger partial charge in [-0.25, -0.2) is 0 Å². The molecule has 0 aliphatic rings. The minimum absolute atomic E-state index is 0.472. The van der Waals surface area contributed by atoms with E-state index in [4.69, 9.17) is 11.6 Å². The monoisotopic (exact) mass is 351 g/mol. The number of benzene rings is 1. The Balaban J connectivity index is 2.52. The van der Waals surface area contributed by atoms with E-state index >= 15 is 0 Å². The average Bonchev–Trinajstić information content (AvgIpc) is 2.19. The summed E-state index contributed by atoms with van der Waals surface area (Å²) in [7, 11) is 0. The Morgan fingerprint density at radius 1 is 1.25 bits per heavy atom. The predicted molar refractivity (Wildman–Crippen MR) is 81.3 cm³/mol. The fourth-order valence-corrected chi connectivity index (χ4v) is 2.44. The number of anilines is 1. The van der Waals surface area contributed by atoms with Crippen LogP contribution in [0, 0.1) is 9.49 Å². The van der Waals surface area contributed by atoms with Crippen molar-refractivity contribution in [1.82, 2.24) is 0 Å². The van der Waals surface area contributed by atoms with Gasteiger partial charge >= 0.3 is 0 Å². The summed E-state index contributed by atoms with van der Waals surface area (Å²) >= 11 is 8.44. The van der Waals surface area contributed by atoms with Gasteiger partial charge in [-0.2, -0.15) is 0 Å². The van der Waals surface area contributed by atoms with Crippen LogP contribution in [-0.4, -0.2) is 6.04 Å².